The maximum atomic E-state index is 9.39. The molecule has 0 amide bonds. The Bertz CT molecular complexity index is 165. The fourth-order valence-electron chi connectivity index (χ4n) is 2.40. The third-order valence-electron chi connectivity index (χ3n) is 3.51. The van der Waals surface area contributed by atoms with E-state index in [0.29, 0.717) is 0 Å². The molecule has 0 aromatic carbocycles. The van der Waals surface area contributed by atoms with Gasteiger partial charge in [0.15, 0.2) is 0 Å². The van der Waals surface area contributed by atoms with Crippen LogP contribution in [-0.2, 0) is 0 Å². The molecule has 0 atom stereocenters. The summed E-state index contributed by atoms with van der Waals surface area (Å²) in [7, 11) is 0. The molecule has 4 nitrogen and oxygen atoms in total. The van der Waals surface area contributed by atoms with Gasteiger partial charge in [0.05, 0.1) is 18.9 Å². The van der Waals surface area contributed by atoms with E-state index < -0.39 is 0 Å². The summed E-state index contributed by atoms with van der Waals surface area (Å²) >= 11 is 0. The number of hydrogen-bond donors (Lipinski definition) is 2. The largest absolute Gasteiger partial charge is 0.393 e. The number of hydrogen-bond acceptors (Lipinski definition) is 4. The van der Waals surface area contributed by atoms with Crippen LogP contribution < -0.4 is 0 Å². The Morgan fingerprint density at radius 2 is 1.07 bits per heavy atom. The minimum absolute atomic E-state index is 0.0792. The summed E-state index contributed by atoms with van der Waals surface area (Å²) in [5.74, 6) is 0. The van der Waals surface area contributed by atoms with E-state index in [-0.39, 0.29) is 12.2 Å². The Hall–Kier alpha value is -0.160. The summed E-state index contributed by atoms with van der Waals surface area (Å²) < 4.78 is 0. The molecule has 0 radical (unpaired) electrons. The Morgan fingerprint density at radius 1 is 0.733 bits per heavy atom. The van der Waals surface area contributed by atoms with Crippen molar-refractivity contribution in [2.75, 3.05) is 32.8 Å². The van der Waals surface area contributed by atoms with Crippen molar-refractivity contribution >= 4 is 0 Å². The lowest BCUT2D eigenvalue weighted by Crippen LogP contribution is -2.46. The Morgan fingerprint density at radius 3 is 1.40 bits per heavy atom. The highest BCUT2D eigenvalue weighted by Gasteiger charge is 2.21. The summed E-state index contributed by atoms with van der Waals surface area (Å²) in [6.45, 7) is 5.07. The fraction of sp³-hybridized carbons (Fsp3) is 1.00. The van der Waals surface area contributed by atoms with Crippen LogP contribution in [0.15, 0.2) is 0 Å². The van der Waals surface area contributed by atoms with Crippen molar-refractivity contribution in [3.05, 3.63) is 0 Å². The van der Waals surface area contributed by atoms with Crippen molar-refractivity contribution in [3.63, 3.8) is 0 Å². The quantitative estimate of drug-likeness (QED) is 0.671. The van der Waals surface area contributed by atoms with E-state index >= 15 is 0 Å². The summed E-state index contributed by atoms with van der Waals surface area (Å²) in [6, 6.07) is 0. The molecule has 2 N–H and O–H groups in total. The molecule has 2 aliphatic rings. The van der Waals surface area contributed by atoms with Crippen molar-refractivity contribution in [2.45, 2.75) is 37.9 Å². The van der Waals surface area contributed by atoms with Crippen molar-refractivity contribution < 1.29 is 10.2 Å². The first-order chi connectivity index (χ1) is 7.24. The first-order valence-electron chi connectivity index (χ1n) is 6.05. The topological polar surface area (TPSA) is 46.9 Å². The lowest BCUT2D eigenvalue weighted by Gasteiger charge is -2.36. The summed E-state index contributed by atoms with van der Waals surface area (Å²) in [4.78, 5) is 4.81. The summed E-state index contributed by atoms with van der Waals surface area (Å²) in [6.07, 6.45) is 3.49. The van der Waals surface area contributed by atoms with Crippen LogP contribution >= 0.6 is 0 Å². The van der Waals surface area contributed by atoms with Gasteiger partial charge in [0.2, 0.25) is 0 Å². The van der Waals surface area contributed by atoms with Crippen LogP contribution in [0.3, 0.4) is 0 Å². The van der Waals surface area contributed by atoms with Crippen molar-refractivity contribution in [1.29, 1.82) is 0 Å². The van der Waals surface area contributed by atoms with Gasteiger partial charge in [-0.25, -0.2) is 0 Å². The van der Waals surface area contributed by atoms with Gasteiger partial charge in [-0.05, 0) is 25.7 Å². The standard InChI is InChI=1S/C11H22N2O2/c14-10-1-5-12(6-2-10)9-13-7-3-11(15)4-8-13/h10-11,14-15H,1-9H2. The second-order valence-electron chi connectivity index (χ2n) is 4.84. The molecule has 0 aromatic heterocycles. The summed E-state index contributed by atoms with van der Waals surface area (Å²) in [5.41, 5.74) is 0. The van der Waals surface area contributed by atoms with E-state index in [1.54, 1.807) is 0 Å². The van der Waals surface area contributed by atoms with Crippen LogP contribution in [0.5, 0.6) is 0 Å². The smallest absolute Gasteiger partial charge is 0.0564 e. The van der Waals surface area contributed by atoms with Gasteiger partial charge in [0.1, 0.15) is 0 Å². The van der Waals surface area contributed by atoms with Gasteiger partial charge in [-0.15, -0.1) is 0 Å². The van der Waals surface area contributed by atoms with Gasteiger partial charge in [0, 0.05) is 26.2 Å². The van der Waals surface area contributed by atoms with Gasteiger partial charge in [0.25, 0.3) is 0 Å². The van der Waals surface area contributed by atoms with E-state index in [2.05, 4.69) is 9.80 Å². The first-order valence-corrected chi connectivity index (χ1v) is 6.05. The van der Waals surface area contributed by atoms with E-state index in [9.17, 15) is 10.2 Å². The minimum atomic E-state index is -0.0792. The molecule has 88 valence electrons. The molecule has 4 heteroatoms. The highest BCUT2D eigenvalue weighted by atomic mass is 16.3. The molecular weight excluding hydrogens is 192 g/mol. The second-order valence-corrected chi connectivity index (χ2v) is 4.84. The number of rotatable bonds is 2. The Labute approximate surface area is 91.5 Å². The van der Waals surface area contributed by atoms with Gasteiger partial charge in [-0.3, -0.25) is 9.80 Å². The number of piperidine rings is 2. The normalized spacial score (nSPS) is 28.4. The van der Waals surface area contributed by atoms with E-state index in [4.69, 9.17) is 0 Å². The van der Waals surface area contributed by atoms with E-state index in [0.717, 1.165) is 58.5 Å². The van der Waals surface area contributed by atoms with Crippen molar-refractivity contribution in [3.8, 4) is 0 Å². The predicted octanol–water partition coefficient (Wildman–Crippen LogP) is -0.143. The SMILES string of the molecule is OC1CCN(CN2CCC(O)CC2)CC1. The van der Waals surface area contributed by atoms with E-state index in [1.807, 2.05) is 0 Å². The van der Waals surface area contributed by atoms with Crippen molar-refractivity contribution in [1.82, 2.24) is 9.80 Å². The highest BCUT2D eigenvalue weighted by molar-refractivity contribution is 4.74. The molecule has 0 saturated carbocycles. The molecule has 0 aromatic rings. The van der Waals surface area contributed by atoms with E-state index in [1.165, 1.54) is 0 Å². The number of aliphatic hydroxyl groups excluding tert-OH is 2. The Balaban J connectivity index is 1.68. The minimum Gasteiger partial charge on any atom is -0.393 e. The van der Waals surface area contributed by atoms with Crippen LogP contribution in [0.4, 0.5) is 0 Å². The van der Waals surface area contributed by atoms with Crippen molar-refractivity contribution in [2.24, 2.45) is 0 Å². The molecular formula is C11H22N2O2. The fourth-order valence-corrected chi connectivity index (χ4v) is 2.40. The molecule has 0 unspecified atom stereocenters. The number of likely N-dealkylation sites (tertiary alicyclic amines) is 2. The van der Waals surface area contributed by atoms with Crippen LogP contribution in [0.1, 0.15) is 25.7 Å². The molecule has 2 rings (SSSR count). The maximum absolute atomic E-state index is 9.39. The highest BCUT2D eigenvalue weighted by Crippen LogP contribution is 2.14. The van der Waals surface area contributed by atoms with Crippen LogP contribution in [0.2, 0.25) is 0 Å². The van der Waals surface area contributed by atoms with Gasteiger partial charge in [-0.1, -0.05) is 0 Å². The zero-order valence-corrected chi connectivity index (χ0v) is 9.31. The summed E-state index contributed by atoms with van der Waals surface area (Å²) in [5, 5.41) is 18.8. The number of nitrogens with zero attached hydrogens (tertiary/aromatic N) is 2. The average molecular weight is 214 g/mol. The monoisotopic (exact) mass is 214 g/mol. The molecule has 2 fully saturated rings. The van der Waals surface area contributed by atoms with Gasteiger partial charge in [-0.2, -0.15) is 0 Å². The molecule has 2 heterocycles. The molecule has 0 aliphatic carbocycles. The van der Waals surface area contributed by atoms with Crippen LogP contribution in [0.25, 0.3) is 0 Å². The third-order valence-corrected chi connectivity index (χ3v) is 3.51. The molecule has 15 heavy (non-hydrogen) atoms. The van der Waals surface area contributed by atoms with Crippen LogP contribution in [-0.4, -0.2) is 65.1 Å². The maximum Gasteiger partial charge on any atom is 0.0564 e. The first kappa shape index (κ1) is 11.3. The molecule has 2 aliphatic heterocycles. The number of aliphatic hydroxyl groups is 2. The zero-order chi connectivity index (χ0) is 10.7. The van der Waals surface area contributed by atoms with Gasteiger partial charge < -0.3 is 10.2 Å². The zero-order valence-electron chi connectivity index (χ0n) is 9.31. The predicted molar refractivity (Wildman–Crippen MR) is 58.5 cm³/mol. The van der Waals surface area contributed by atoms with Crippen LogP contribution in [0, 0.1) is 0 Å². The second kappa shape index (κ2) is 5.25. The van der Waals surface area contributed by atoms with Gasteiger partial charge >= 0.3 is 0 Å². The average Bonchev–Trinajstić information content (AvgIpc) is 2.25. The molecule has 0 bridgehead atoms. The lowest BCUT2D eigenvalue weighted by atomic mass is 10.1. The lowest BCUT2D eigenvalue weighted by molar-refractivity contribution is 0.0214. The molecule has 0 spiro atoms. The third kappa shape index (κ3) is 3.41. The Kier molecular flexibility index (Phi) is 3.97. The molecule has 2 saturated heterocycles.